The highest BCUT2D eigenvalue weighted by atomic mass is 32.1. The van der Waals surface area contributed by atoms with Crippen LogP contribution in [0, 0.1) is 6.92 Å². The summed E-state index contributed by atoms with van der Waals surface area (Å²) in [6.45, 7) is 4.18. The molecule has 0 fully saturated rings. The highest BCUT2D eigenvalue weighted by Crippen LogP contribution is 2.17. The van der Waals surface area contributed by atoms with Crippen LogP contribution in [0.2, 0.25) is 0 Å². The number of carbonyl (C=O) groups is 1. The molecule has 21 heavy (non-hydrogen) atoms. The van der Waals surface area contributed by atoms with E-state index in [-0.39, 0.29) is 11.9 Å². The minimum absolute atomic E-state index is 0.0562. The number of thiazole rings is 1. The monoisotopic (exact) mass is 305 g/mol. The Balaban J connectivity index is 1.75. The second kappa shape index (κ2) is 7.08. The molecule has 6 heteroatoms. The first-order valence-corrected chi connectivity index (χ1v) is 7.62. The third-order valence-corrected chi connectivity index (χ3v) is 3.99. The molecule has 0 saturated heterocycles. The quantitative estimate of drug-likeness (QED) is 0.804. The Hall–Kier alpha value is -2.08. The van der Waals surface area contributed by atoms with E-state index in [0.29, 0.717) is 24.5 Å². The average molecular weight is 305 g/mol. The fraction of sp³-hybridized carbons (Fsp3) is 0.333. The van der Waals surface area contributed by atoms with Crippen LogP contribution in [0.15, 0.2) is 29.6 Å². The molecule has 0 aliphatic carbocycles. The summed E-state index contributed by atoms with van der Waals surface area (Å²) in [4.78, 5) is 16.2. The normalized spacial score (nSPS) is 11.9. The second-order valence-corrected chi connectivity index (χ2v) is 5.68. The Morgan fingerprint density at radius 2 is 2.33 bits per heavy atom. The zero-order valence-corrected chi connectivity index (χ0v) is 12.9. The molecule has 0 radical (unpaired) electrons. The van der Waals surface area contributed by atoms with E-state index < -0.39 is 0 Å². The number of nitrogens with zero attached hydrogens (tertiary/aromatic N) is 1. The Bertz CT molecular complexity index is 612. The zero-order valence-electron chi connectivity index (χ0n) is 12.1. The van der Waals surface area contributed by atoms with Gasteiger partial charge in [-0.15, -0.1) is 11.3 Å². The van der Waals surface area contributed by atoms with Gasteiger partial charge in [-0.05, 0) is 26.0 Å². The first-order chi connectivity index (χ1) is 10.0. The third kappa shape index (κ3) is 4.75. The maximum Gasteiger partial charge on any atom is 0.223 e. The van der Waals surface area contributed by atoms with Crippen LogP contribution < -0.4 is 15.8 Å². The topological polar surface area (TPSA) is 77.2 Å². The summed E-state index contributed by atoms with van der Waals surface area (Å²) in [5.74, 6) is 0.616. The molecule has 1 unspecified atom stereocenters. The molecule has 0 bridgehead atoms. The number of aromatic nitrogens is 1. The molecule has 1 heterocycles. The number of hydrogen-bond acceptors (Lipinski definition) is 5. The van der Waals surface area contributed by atoms with Gasteiger partial charge in [0, 0.05) is 22.8 Å². The number of anilines is 1. The summed E-state index contributed by atoms with van der Waals surface area (Å²) < 4.78 is 5.50. The predicted molar refractivity (Wildman–Crippen MR) is 84.4 cm³/mol. The summed E-state index contributed by atoms with van der Waals surface area (Å²) in [5, 5.41) is 5.80. The van der Waals surface area contributed by atoms with E-state index in [1.54, 1.807) is 23.5 Å². The number of nitrogens with one attached hydrogen (secondary N) is 1. The van der Waals surface area contributed by atoms with Crippen LogP contribution >= 0.6 is 11.3 Å². The lowest BCUT2D eigenvalue weighted by atomic mass is 10.3. The molecular weight excluding hydrogens is 286 g/mol. The van der Waals surface area contributed by atoms with Gasteiger partial charge in [0.1, 0.15) is 10.8 Å². The SMILES string of the molecule is Cc1csc(C(C)NC(=O)CCOc2cccc(N)c2)n1. The summed E-state index contributed by atoms with van der Waals surface area (Å²) in [6.07, 6.45) is 0.295. The van der Waals surface area contributed by atoms with Crippen LogP contribution in [0.1, 0.15) is 30.1 Å². The molecule has 0 aliphatic rings. The van der Waals surface area contributed by atoms with Crippen LogP contribution in [0.4, 0.5) is 5.69 Å². The fourth-order valence-electron chi connectivity index (χ4n) is 1.81. The number of ether oxygens (including phenoxy) is 1. The molecule has 5 nitrogen and oxygen atoms in total. The van der Waals surface area contributed by atoms with Crippen molar-refractivity contribution in [3.8, 4) is 5.75 Å². The van der Waals surface area contributed by atoms with Gasteiger partial charge in [0.2, 0.25) is 5.91 Å². The van der Waals surface area contributed by atoms with Crippen molar-refractivity contribution >= 4 is 22.9 Å². The van der Waals surface area contributed by atoms with Crippen molar-refractivity contribution in [1.82, 2.24) is 10.3 Å². The van der Waals surface area contributed by atoms with Crippen molar-refractivity contribution in [1.29, 1.82) is 0 Å². The average Bonchev–Trinajstić information content (AvgIpc) is 2.85. The molecule has 0 aliphatic heterocycles. The van der Waals surface area contributed by atoms with E-state index in [4.69, 9.17) is 10.5 Å². The molecule has 1 atom stereocenters. The molecular formula is C15H19N3O2S. The Morgan fingerprint density at radius 1 is 1.52 bits per heavy atom. The molecule has 2 rings (SSSR count). The van der Waals surface area contributed by atoms with Gasteiger partial charge >= 0.3 is 0 Å². The number of rotatable bonds is 6. The number of nitrogen functional groups attached to an aromatic ring is 1. The Morgan fingerprint density at radius 3 is 3.00 bits per heavy atom. The maximum absolute atomic E-state index is 11.9. The van der Waals surface area contributed by atoms with Crippen molar-refractivity contribution in [2.24, 2.45) is 0 Å². The van der Waals surface area contributed by atoms with Gasteiger partial charge in [-0.1, -0.05) is 6.07 Å². The van der Waals surface area contributed by atoms with Crippen molar-refractivity contribution in [2.75, 3.05) is 12.3 Å². The highest BCUT2D eigenvalue weighted by Gasteiger charge is 2.12. The molecule has 0 saturated carbocycles. The molecule has 1 aromatic heterocycles. The predicted octanol–water partition coefficient (Wildman–Crippen LogP) is 2.68. The lowest BCUT2D eigenvalue weighted by Crippen LogP contribution is -2.27. The summed E-state index contributed by atoms with van der Waals surface area (Å²) in [5.41, 5.74) is 7.27. The largest absolute Gasteiger partial charge is 0.493 e. The molecule has 1 aromatic carbocycles. The Labute approximate surface area is 128 Å². The number of aryl methyl sites for hydroxylation is 1. The van der Waals surface area contributed by atoms with E-state index in [2.05, 4.69) is 10.3 Å². The first-order valence-electron chi connectivity index (χ1n) is 6.74. The van der Waals surface area contributed by atoms with Gasteiger partial charge in [0.25, 0.3) is 0 Å². The third-order valence-electron chi connectivity index (χ3n) is 2.84. The van der Waals surface area contributed by atoms with Gasteiger partial charge in [0.15, 0.2) is 0 Å². The lowest BCUT2D eigenvalue weighted by Gasteiger charge is -2.12. The van der Waals surface area contributed by atoms with E-state index in [1.165, 1.54) is 0 Å². The van der Waals surface area contributed by atoms with Crippen molar-refractivity contribution < 1.29 is 9.53 Å². The van der Waals surface area contributed by atoms with Gasteiger partial charge in [-0.3, -0.25) is 4.79 Å². The van der Waals surface area contributed by atoms with E-state index in [1.807, 2.05) is 31.4 Å². The van der Waals surface area contributed by atoms with Crippen LogP contribution in [-0.2, 0) is 4.79 Å². The van der Waals surface area contributed by atoms with Gasteiger partial charge < -0.3 is 15.8 Å². The molecule has 2 aromatic rings. The number of nitrogens with two attached hydrogens (primary N) is 1. The van der Waals surface area contributed by atoms with Crippen molar-refractivity contribution in [2.45, 2.75) is 26.3 Å². The van der Waals surface area contributed by atoms with Crippen LogP contribution in [0.3, 0.4) is 0 Å². The number of carbonyl (C=O) groups excluding carboxylic acids is 1. The van der Waals surface area contributed by atoms with Crippen LogP contribution in [0.5, 0.6) is 5.75 Å². The van der Waals surface area contributed by atoms with E-state index >= 15 is 0 Å². The number of benzene rings is 1. The standard InChI is InChI=1S/C15H19N3O2S/c1-10-9-21-15(17-10)11(2)18-14(19)6-7-20-13-5-3-4-12(16)8-13/h3-5,8-9,11H,6-7,16H2,1-2H3,(H,18,19). The van der Waals surface area contributed by atoms with E-state index in [9.17, 15) is 4.79 Å². The number of amides is 1. The van der Waals surface area contributed by atoms with Gasteiger partial charge in [-0.25, -0.2) is 4.98 Å². The maximum atomic E-state index is 11.9. The summed E-state index contributed by atoms with van der Waals surface area (Å²) in [7, 11) is 0. The molecule has 0 spiro atoms. The van der Waals surface area contributed by atoms with Crippen molar-refractivity contribution in [3.05, 3.63) is 40.3 Å². The smallest absolute Gasteiger partial charge is 0.223 e. The summed E-state index contributed by atoms with van der Waals surface area (Å²) >= 11 is 1.55. The second-order valence-electron chi connectivity index (χ2n) is 4.79. The van der Waals surface area contributed by atoms with Gasteiger partial charge in [-0.2, -0.15) is 0 Å². The van der Waals surface area contributed by atoms with Crippen molar-refractivity contribution in [3.63, 3.8) is 0 Å². The van der Waals surface area contributed by atoms with Crippen LogP contribution in [0.25, 0.3) is 0 Å². The van der Waals surface area contributed by atoms with Gasteiger partial charge in [0.05, 0.1) is 19.1 Å². The lowest BCUT2D eigenvalue weighted by molar-refractivity contribution is -0.122. The zero-order chi connectivity index (χ0) is 15.2. The first kappa shape index (κ1) is 15.3. The van der Waals surface area contributed by atoms with E-state index in [0.717, 1.165) is 10.7 Å². The Kier molecular flexibility index (Phi) is 5.16. The minimum atomic E-state index is -0.0800. The molecule has 112 valence electrons. The summed E-state index contributed by atoms with van der Waals surface area (Å²) in [6, 6.07) is 7.08. The molecule has 1 amide bonds. The fourth-order valence-corrected chi connectivity index (χ4v) is 2.62. The highest BCUT2D eigenvalue weighted by molar-refractivity contribution is 7.09. The minimum Gasteiger partial charge on any atom is -0.493 e. The van der Waals surface area contributed by atoms with Crippen LogP contribution in [-0.4, -0.2) is 17.5 Å². The molecule has 3 N–H and O–H groups in total. The number of hydrogen-bond donors (Lipinski definition) is 2.